The molecule has 1 aliphatic carbocycles. The molecule has 1 saturated heterocycles. The van der Waals surface area contributed by atoms with Gasteiger partial charge < -0.3 is 20.6 Å². The molecule has 2 heterocycles. The molecular formula is C20H37IN6O. The first-order valence-corrected chi connectivity index (χ1v) is 10.5. The summed E-state index contributed by atoms with van der Waals surface area (Å²) in [5, 5.41) is 21.7. The van der Waals surface area contributed by atoms with Crippen LogP contribution < -0.4 is 15.5 Å². The van der Waals surface area contributed by atoms with Gasteiger partial charge >= 0.3 is 0 Å². The topological polar surface area (TPSA) is 77.7 Å². The lowest BCUT2D eigenvalue weighted by Crippen LogP contribution is -2.51. The van der Waals surface area contributed by atoms with Crippen LogP contribution in [0.5, 0.6) is 0 Å². The van der Waals surface area contributed by atoms with Gasteiger partial charge in [-0.05, 0) is 32.6 Å². The van der Waals surface area contributed by atoms with E-state index in [9.17, 15) is 5.11 Å². The van der Waals surface area contributed by atoms with E-state index in [4.69, 9.17) is 4.99 Å². The van der Waals surface area contributed by atoms with Crippen LogP contribution in [0.1, 0.15) is 52.4 Å². The average Bonchev–Trinajstić information content (AvgIpc) is 3.09. The number of hydrogen-bond donors (Lipinski definition) is 3. The number of hydrogen-bond acceptors (Lipinski definition) is 4. The first kappa shape index (κ1) is 23.3. The average molecular weight is 504 g/mol. The molecule has 1 aromatic rings. The third-order valence-corrected chi connectivity index (χ3v) is 6.04. The predicted molar refractivity (Wildman–Crippen MR) is 126 cm³/mol. The highest BCUT2D eigenvalue weighted by Crippen LogP contribution is 2.36. The summed E-state index contributed by atoms with van der Waals surface area (Å²) in [5.74, 6) is 0.870. The summed E-state index contributed by atoms with van der Waals surface area (Å²) < 4.78 is 1.86. The molecule has 2 fully saturated rings. The highest BCUT2D eigenvalue weighted by molar-refractivity contribution is 14.0. The number of guanidine groups is 1. The Hall–Kier alpha value is -1.03. The smallest absolute Gasteiger partial charge is 0.191 e. The fourth-order valence-electron chi connectivity index (χ4n) is 4.24. The first-order chi connectivity index (χ1) is 13.0. The van der Waals surface area contributed by atoms with E-state index in [0.29, 0.717) is 12.6 Å². The number of rotatable bonds is 5. The van der Waals surface area contributed by atoms with Crippen LogP contribution in [-0.4, -0.2) is 59.2 Å². The van der Waals surface area contributed by atoms with Gasteiger partial charge in [0.2, 0.25) is 0 Å². The molecule has 3 N–H and O–H groups in total. The van der Waals surface area contributed by atoms with Gasteiger partial charge in [0.15, 0.2) is 5.96 Å². The third kappa shape index (κ3) is 5.98. The standard InChI is InChI=1S/C20H36N6O.HI/c1-4-21-19(22-15-20(2)10-6-5-9-18(20)27)24-16-8-7-11-26(13-16)17-12-23-25(3)14-17;/h12,14,16,18,27H,4-11,13,15H2,1-3H3,(H2,21,22,24);1H. The third-order valence-electron chi connectivity index (χ3n) is 6.04. The predicted octanol–water partition coefficient (Wildman–Crippen LogP) is 2.50. The summed E-state index contributed by atoms with van der Waals surface area (Å²) in [7, 11) is 1.96. The second-order valence-electron chi connectivity index (χ2n) is 8.41. The Kier molecular flexibility index (Phi) is 8.85. The van der Waals surface area contributed by atoms with Gasteiger partial charge in [0.05, 0.1) is 24.5 Å². The van der Waals surface area contributed by atoms with Gasteiger partial charge in [0.25, 0.3) is 0 Å². The van der Waals surface area contributed by atoms with Crippen molar-refractivity contribution in [3.05, 3.63) is 12.4 Å². The second kappa shape index (κ2) is 10.7. The van der Waals surface area contributed by atoms with E-state index in [1.165, 1.54) is 12.1 Å². The van der Waals surface area contributed by atoms with Gasteiger partial charge in [-0.25, -0.2) is 0 Å². The normalized spacial score (nSPS) is 28.6. The largest absolute Gasteiger partial charge is 0.392 e. The molecule has 1 aromatic heterocycles. The molecular weight excluding hydrogens is 467 g/mol. The number of aliphatic hydroxyl groups is 1. The molecule has 3 atom stereocenters. The highest BCUT2D eigenvalue weighted by atomic mass is 127. The zero-order valence-corrected chi connectivity index (χ0v) is 19.9. The lowest BCUT2D eigenvalue weighted by atomic mass is 9.73. The van der Waals surface area contributed by atoms with Gasteiger partial charge in [0, 0.05) is 44.3 Å². The Labute approximate surface area is 186 Å². The SMILES string of the molecule is CCNC(=NCC1(C)CCCCC1O)NC1CCCN(c2cnn(C)c2)C1.I. The van der Waals surface area contributed by atoms with Crippen molar-refractivity contribution in [2.45, 2.75) is 64.5 Å². The Bertz CT molecular complexity index is 636. The van der Waals surface area contributed by atoms with Crippen LogP contribution >= 0.6 is 24.0 Å². The van der Waals surface area contributed by atoms with Gasteiger partial charge in [-0.15, -0.1) is 24.0 Å². The molecule has 1 aliphatic heterocycles. The van der Waals surface area contributed by atoms with Crippen molar-refractivity contribution in [1.29, 1.82) is 0 Å². The van der Waals surface area contributed by atoms with Crippen LogP contribution in [0.25, 0.3) is 0 Å². The molecule has 8 heteroatoms. The molecule has 1 saturated carbocycles. The number of aliphatic hydroxyl groups excluding tert-OH is 1. The van der Waals surface area contributed by atoms with E-state index in [1.54, 1.807) is 0 Å². The minimum absolute atomic E-state index is 0. The number of anilines is 1. The maximum Gasteiger partial charge on any atom is 0.191 e. The summed E-state index contributed by atoms with van der Waals surface area (Å²) in [5.41, 5.74) is 1.08. The van der Waals surface area contributed by atoms with E-state index in [-0.39, 0.29) is 35.5 Å². The van der Waals surface area contributed by atoms with E-state index >= 15 is 0 Å². The summed E-state index contributed by atoms with van der Waals surface area (Å²) in [6.45, 7) is 7.80. The molecule has 2 aliphatic rings. The number of nitrogens with one attached hydrogen (secondary N) is 2. The summed E-state index contributed by atoms with van der Waals surface area (Å²) in [6.07, 6.45) is 10.3. The molecule has 3 unspecified atom stereocenters. The number of aromatic nitrogens is 2. The van der Waals surface area contributed by atoms with Crippen LogP contribution in [-0.2, 0) is 7.05 Å². The summed E-state index contributed by atoms with van der Waals surface area (Å²) >= 11 is 0. The van der Waals surface area contributed by atoms with Crippen molar-refractivity contribution < 1.29 is 5.11 Å². The van der Waals surface area contributed by atoms with Gasteiger partial charge in [-0.3, -0.25) is 9.67 Å². The van der Waals surface area contributed by atoms with Gasteiger partial charge in [-0.2, -0.15) is 5.10 Å². The van der Waals surface area contributed by atoms with E-state index in [2.05, 4.69) is 40.7 Å². The van der Waals surface area contributed by atoms with Crippen molar-refractivity contribution in [3.8, 4) is 0 Å². The lowest BCUT2D eigenvalue weighted by Gasteiger charge is -2.38. The zero-order chi connectivity index (χ0) is 19.3. The number of halogens is 1. The van der Waals surface area contributed by atoms with Crippen LogP contribution in [0.4, 0.5) is 5.69 Å². The Balaban J connectivity index is 0.00000280. The Morgan fingerprint density at radius 3 is 2.86 bits per heavy atom. The number of nitrogens with zero attached hydrogens (tertiary/aromatic N) is 4. The zero-order valence-electron chi connectivity index (χ0n) is 17.5. The maximum atomic E-state index is 10.4. The van der Waals surface area contributed by atoms with E-state index in [1.807, 2.05) is 17.9 Å². The van der Waals surface area contributed by atoms with Crippen molar-refractivity contribution >= 4 is 35.6 Å². The highest BCUT2D eigenvalue weighted by Gasteiger charge is 2.35. The molecule has 7 nitrogen and oxygen atoms in total. The van der Waals surface area contributed by atoms with Gasteiger partial charge in [0.1, 0.15) is 0 Å². The molecule has 0 aromatic carbocycles. The minimum Gasteiger partial charge on any atom is -0.392 e. The molecule has 160 valence electrons. The molecule has 3 rings (SSSR count). The molecule has 0 radical (unpaired) electrons. The van der Waals surface area contributed by atoms with Crippen LogP contribution in [0.3, 0.4) is 0 Å². The minimum atomic E-state index is -0.242. The van der Waals surface area contributed by atoms with Crippen LogP contribution in [0.15, 0.2) is 17.4 Å². The summed E-state index contributed by atoms with van der Waals surface area (Å²) in [6, 6.07) is 0.362. The number of aliphatic imine (C=N–C) groups is 1. The van der Waals surface area contributed by atoms with Crippen molar-refractivity contribution in [2.24, 2.45) is 17.5 Å². The van der Waals surface area contributed by atoms with Crippen molar-refractivity contribution in [2.75, 3.05) is 31.1 Å². The Morgan fingerprint density at radius 1 is 1.36 bits per heavy atom. The van der Waals surface area contributed by atoms with E-state index in [0.717, 1.165) is 57.7 Å². The van der Waals surface area contributed by atoms with Crippen molar-refractivity contribution in [3.63, 3.8) is 0 Å². The fourth-order valence-corrected chi connectivity index (χ4v) is 4.24. The molecule has 28 heavy (non-hydrogen) atoms. The molecule has 0 amide bonds. The maximum absolute atomic E-state index is 10.4. The van der Waals surface area contributed by atoms with Crippen molar-refractivity contribution in [1.82, 2.24) is 20.4 Å². The number of aryl methyl sites for hydroxylation is 1. The molecule has 0 bridgehead atoms. The molecule has 0 spiro atoms. The summed E-state index contributed by atoms with van der Waals surface area (Å²) in [4.78, 5) is 7.25. The number of piperidine rings is 1. The quantitative estimate of drug-likeness (QED) is 0.327. The van der Waals surface area contributed by atoms with Crippen LogP contribution in [0, 0.1) is 5.41 Å². The van der Waals surface area contributed by atoms with E-state index < -0.39 is 0 Å². The fraction of sp³-hybridized carbons (Fsp3) is 0.800. The monoisotopic (exact) mass is 504 g/mol. The Morgan fingerprint density at radius 2 is 2.18 bits per heavy atom. The first-order valence-electron chi connectivity index (χ1n) is 10.5. The van der Waals surface area contributed by atoms with Crippen LogP contribution in [0.2, 0.25) is 0 Å². The second-order valence-corrected chi connectivity index (χ2v) is 8.41. The lowest BCUT2D eigenvalue weighted by molar-refractivity contribution is 0.00715. The van der Waals surface area contributed by atoms with Gasteiger partial charge in [-0.1, -0.05) is 19.8 Å².